The molecule has 1 amide bonds. The van der Waals surface area contributed by atoms with Gasteiger partial charge in [-0.15, -0.1) is 0 Å². The van der Waals surface area contributed by atoms with Crippen LogP contribution in [0.4, 0.5) is 0 Å². The van der Waals surface area contributed by atoms with E-state index < -0.39 is 0 Å². The van der Waals surface area contributed by atoms with Crippen molar-refractivity contribution in [1.82, 2.24) is 14.9 Å². The number of nitrogens with zero attached hydrogens (tertiary/aromatic N) is 2. The Hall–Kier alpha value is -2.21. The van der Waals surface area contributed by atoms with Crippen LogP contribution in [0.15, 0.2) is 35.3 Å². The van der Waals surface area contributed by atoms with Crippen LogP contribution in [0.1, 0.15) is 13.8 Å². The highest BCUT2D eigenvalue weighted by molar-refractivity contribution is 5.80. The van der Waals surface area contributed by atoms with Gasteiger partial charge in [-0.3, -0.25) is 14.2 Å². The minimum Gasteiger partial charge on any atom is -0.396 e. The molecular weight excluding hydrogens is 270 g/mol. The van der Waals surface area contributed by atoms with Gasteiger partial charge in [-0.25, -0.2) is 4.98 Å². The molecule has 6 heteroatoms. The van der Waals surface area contributed by atoms with Gasteiger partial charge < -0.3 is 10.4 Å². The summed E-state index contributed by atoms with van der Waals surface area (Å²) in [7, 11) is 0. The van der Waals surface area contributed by atoms with Crippen molar-refractivity contribution in [1.29, 1.82) is 0 Å². The summed E-state index contributed by atoms with van der Waals surface area (Å²) < 4.78 is 1.40. The van der Waals surface area contributed by atoms with Gasteiger partial charge in [0.25, 0.3) is 5.56 Å². The van der Waals surface area contributed by atoms with E-state index in [2.05, 4.69) is 10.3 Å². The van der Waals surface area contributed by atoms with Crippen LogP contribution in [0.3, 0.4) is 0 Å². The van der Waals surface area contributed by atoms with Crippen LogP contribution in [0, 0.1) is 5.92 Å². The van der Waals surface area contributed by atoms with Gasteiger partial charge in [-0.1, -0.05) is 19.1 Å². The van der Waals surface area contributed by atoms with E-state index in [1.165, 1.54) is 10.8 Å². The predicted octanol–water partition coefficient (Wildman–Crippen LogP) is 0.530. The number of fused-ring (bicyclic) bond motifs is 1. The molecule has 0 radical (unpaired) electrons. The molecule has 112 valence electrons. The van der Waals surface area contributed by atoms with Crippen molar-refractivity contribution in [2.75, 3.05) is 6.61 Å². The molecule has 0 aliphatic heterocycles. The molecule has 2 rings (SSSR count). The third-order valence-corrected chi connectivity index (χ3v) is 3.58. The Morgan fingerprint density at radius 2 is 2.10 bits per heavy atom. The second kappa shape index (κ2) is 6.49. The number of hydrogen-bond acceptors (Lipinski definition) is 4. The Bertz CT molecular complexity index is 696. The maximum atomic E-state index is 12.1. The minimum absolute atomic E-state index is 0.000414. The monoisotopic (exact) mass is 289 g/mol. The highest BCUT2D eigenvalue weighted by atomic mass is 16.3. The molecule has 2 unspecified atom stereocenters. The Labute approximate surface area is 122 Å². The number of nitrogens with one attached hydrogen (secondary N) is 1. The number of hydrogen-bond donors (Lipinski definition) is 2. The smallest absolute Gasteiger partial charge is 0.269 e. The standard InChI is InChI=1S/C15H19N3O3/c1-10(9-19)11(2)17-14(20)8-18-13-6-4-3-5-12(13)16-7-15(18)21/h3-7,10-11,19H,8-9H2,1-2H3,(H,17,20). The zero-order valence-electron chi connectivity index (χ0n) is 12.1. The van der Waals surface area contributed by atoms with Crippen LogP contribution in [0.5, 0.6) is 0 Å². The van der Waals surface area contributed by atoms with E-state index in [1.54, 1.807) is 18.2 Å². The maximum absolute atomic E-state index is 12.1. The van der Waals surface area contributed by atoms with Crippen LogP contribution >= 0.6 is 0 Å². The Morgan fingerprint density at radius 1 is 1.38 bits per heavy atom. The van der Waals surface area contributed by atoms with E-state index in [0.29, 0.717) is 11.0 Å². The lowest BCUT2D eigenvalue weighted by molar-refractivity contribution is -0.122. The topological polar surface area (TPSA) is 84.2 Å². The van der Waals surface area contributed by atoms with Crippen LogP contribution in [-0.4, -0.2) is 33.2 Å². The first-order chi connectivity index (χ1) is 10.0. The molecule has 2 atom stereocenters. The van der Waals surface area contributed by atoms with E-state index in [9.17, 15) is 9.59 Å². The number of carbonyl (C=O) groups excluding carboxylic acids is 1. The van der Waals surface area contributed by atoms with Crippen LogP contribution in [0.2, 0.25) is 0 Å². The molecule has 21 heavy (non-hydrogen) atoms. The number of amides is 1. The number of rotatable bonds is 5. The molecule has 1 aromatic heterocycles. The van der Waals surface area contributed by atoms with Crippen molar-refractivity contribution >= 4 is 16.9 Å². The zero-order valence-corrected chi connectivity index (χ0v) is 12.1. The van der Waals surface area contributed by atoms with Crippen molar-refractivity contribution in [2.45, 2.75) is 26.4 Å². The van der Waals surface area contributed by atoms with Crippen molar-refractivity contribution in [3.8, 4) is 0 Å². The lowest BCUT2D eigenvalue weighted by Gasteiger charge is -2.19. The van der Waals surface area contributed by atoms with Crippen LogP contribution in [0.25, 0.3) is 11.0 Å². The molecule has 1 heterocycles. The molecule has 6 nitrogen and oxygen atoms in total. The maximum Gasteiger partial charge on any atom is 0.269 e. The average Bonchev–Trinajstić information content (AvgIpc) is 2.49. The lowest BCUT2D eigenvalue weighted by Crippen LogP contribution is -2.41. The summed E-state index contributed by atoms with van der Waals surface area (Å²) in [5.74, 6) is -0.305. The molecule has 0 saturated heterocycles. The van der Waals surface area contributed by atoms with E-state index in [4.69, 9.17) is 5.11 Å². The first-order valence-corrected chi connectivity index (χ1v) is 6.87. The molecule has 0 fully saturated rings. The minimum atomic E-state index is -0.313. The van der Waals surface area contributed by atoms with Crippen LogP contribution in [-0.2, 0) is 11.3 Å². The Kier molecular flexibility index (Phi) is 4.70. The summed E-state index contributed by atoms with van der Waals surface area (Å²) in [6.07, 6.45) is 1.22. The Balaban J connectivity index is 2.22. The molecule has 0 saturated carbocycles. The molecule has 1 aromatic carbocycles. The van der Waals surface area contributed by atoms with Gasteiger partial charge in [-0.2, -0.15) is 0 Å². The summed E-state index contributed by atoms with van der Waals surface area (Å²) in [5, 5.41) is 11.9. The fourth-order valence-electron chi connectivity index (χ4n) is 2.02. The number of aromatic nitrogens is 2. The van der Waals surface area contributed by atoms with E-state index in [1.807, 2.05) is 19.9 Å². The normalized spacial score (nSPS) is 13.9. The van der Waals surface area contributed by atoms with Crippen molar-refractivity contribution in [3.05, 3.63) is 40.8 Å². The van der Waals surface area contributed by atoms with Crippen molar-refractivity contribution in [2.24, 2.45) is 5.92 Å². The van der Waals surface area contributed by atoms with Crippen molar-refractivity contribution in [3.63, 3.8) is 0 Å². The fraction of sp³-hybridized carbons (Fsp3) is 0.400. The molecule has 0 aliphatic carbocycles. The number of benzene rings is 1. The molecule has 2 aromatic rings. The second-order valence-electron chi connectivity index (χ2n) is 5.19. The second-order valence-corrected chi connectivity index (χ2v) is 5.19. The zero-order chi connectivity index (χ0) is 15.4. The quantitative estimate of drug-likeness (QED) is 0.841. The van der Waals surface area contributed by atoms with Gasteiger partial charge in [0, 0.05) is 12.6 Å². The largest absolute Gasteiger partial charge is 0.396 e. The molecular formula is C15H19N3O3. The van der Waals surface area contributed by atoms with Gasteiger partial charge >= 0.3 is 0 Å². The van der Waals surface area contributed by atoms with Gasteiger partial charge in [0.2, 0.25) is 5.91 Å². The first kappa shape index (κ1) is 15.2. The summed E-state index contributed by atoms with van der Waals surface area (Å²) in [5.41, 5.74) is 0.983. The number of aliphatic hydroxyl groups excluding tert-OH is 1. The summed E-state index contributed by atoms with van der Waals surface area (Å²) in [6.45, 7) is 3.61. The van der Waals surface area contributed by atoms with Gasteiger partial charge in [0.05, 0.1) is 17.2 Å². The number of aliphatic hydroxyl groups is 1. The molecule has 0 bridgehead atoms. The average molecular weight is 289 g/mol. The van der Waals surface area contributed by atoms with E-state index in [0.717, 1.165) is 0 Å². The van der Waals surface area contributed by atoms with Gasteiger partial charge in [-0.05, 0) is 25.0 Å². The third-order valence-electron chi connectivity index (χ3n) is 3.58. The summed E-state index contributed by atoms with van der Waals surface area (Å²) >= 11 is 0. The van der Waals surface area contributed by atoms with E-state index >= 15 is 0 Å². The molecule has 0 aliphatic rings. The van der Waals surface area contributed by atoms with Gasteiger partial charge in [0.15, 0.2) is 0 Å². The summed E-state index contributed by atoms with van der Waals surface area (Å²) in [6, 6.07) is 7.02. The highest BCUT2D eigenvalue weighted by Gasteiger charge is 2.15. The highest BCUT2D eigenvalue weighted by Crippen LogP contribution is 2.08. The van der Waals surface area contributed by atoms with E-state index in [-0.39, 0.29) is 36.6 Å². The van der Waals surface area contributed by atoms with Crippen molar-refractivity contribution < 1.29 is 9.90 Å². The van der Waals surface area contributed by atoms with Gasteiger partial charge in [0.1, 0.15) is 6.54 Å². The predicted molar refractivity (Wildman–Crippen MR) is 79.9 cm³/mol. The number of para-hydroxylation sites is 2. The molecule has 2 N–H and O–H groups in total. The first-order valence-electron chi connectivity index (χ1n) is 6.87. The number of carbonyl (C=O) groups is 1. The molecule has 0 spiro atoms. The van der Waals surface area contributed by atoms with Crippen LogP contribution < -0.4 is 10.9 Å². The lowest BCUT2D eigenvalue weighted by atomic mass is 10.1. The fourth-order valence-corrected chi connectivity index (χ4v) is 2.02. The third kappa shape index (κ3) is 3.46. The summed E-state index contributed by atoms with van der Waals surface area (Å²) in [4.78, 5) is 28.0. The Morgan fingerprint density at radius 3 is 2.81 bits per heavy atom. The SMILES string of the molecule is CC(CO)C(C)NC(=O)Cn1c(=O)cnc2ccccc21.